The highest BCUT2D eigenvalue weighted by atomic mass is 16.5. The predicted octanol–water partition coefficient (Wildman–Crippen LogP) is 5.68. The highest BCUT2D eigenvalue weighted by Gasteiger charge is 2.51. The lowest BCUT2D eigenvalue weighted by Gasteiger charge is -2.56. The third kappa shape index (κ3) is 9.71. The van der Waals surface area contributed by atoms with E-state index in [-0.39, 0.29) is 22.8 Å². The summed E-state index contributed by atoms with van der Waals surface area (Å²) in [5.74, 6) is 3.56. The van der Waals surface area contributed by atoms with Crippen LogP contribution < -0.4 is 31.1 Å². The number of pyridine rings is 1. The summed E-state index contributed by atoms with van der Waals surface area (Å²) >= 11 is 0. The van der Waals surface area contributed by atoms with Crippen molar-refractivity contribution in [1.82, 2.24) is 24.8 Å². The van der Waals surface area contributed by atoms with Crippen LogP contribution in [0.3, 0.4) is 0 Å². The van der Waals surface area contributed by atoms with Gasteiger partial charge in [0.05, 0.1) is 44.9 Å². The van der Waals surface area contributed by atoms with E-state index < -0.39 is 0 Å². The van der Waals surface area contributed by atoms with E-state index in [0.29, 0.717) is 73.8 Å². The van der Waals surface area contributed by atoms with Gasteiger partial charge in [0, 0.05) is 87.7 Å². The van der Waals surface area contributed by atoms with Gasteiger partial charge in [0.1, 0.15) is 5.75 Å². The van der Waals surface area contributed by atoms with Gasteiger partial charge in [-0.3, -0.25) is 23.9 Å². The summed E-state index contributed by atoms with van der Waals surface area (Å²) in [7, 11) is 1.64. The smallest absolute Gasteiger partial charge is 0.257 e. The van der Waals surface area contributed by atoms with E-state index in [1.807, 2.05) is 19.1 Å². The predicted molar refractivity (Wildman–Crippen MR) is 229 cm³/mol. The summed E-state index contributed by atoms with van der Waals surface area (Å²) in [6, 6.07) is 14.7. The van der Waals surface area contributed by atoms with Gasteiger partial charge >= 0.3 is 0 Å². The molecular formula is C45H58N8O6. The van der Waals surface area contributed by atoms with Crippen LogP contribution in [0.25, 0.3) is 16.7 Å². The first kappa shape index (κ1) is 40.7. The maximum absolute atomic E-state index is 13.3. The Morgan fingerprint density at radius 2 is 1.61 bits per heavy atom. The number of aromatic nitrogens is 3. The topological polar surface area (TPSA) is 152 Å². The number of aryl methyl sites for hydroxylation is 1. The number of methoxy groups -OCH3 is 1. The molecule has 59 heavy (non-hydrogen) atoms. The van der Waals surface area contributed by atoms with Gasteiger partial charge in [0.2, 0.25) is 17.8 Å². The quantitative estimate of drug-likeness (QED) is 0.113. The van der Waals surface area contributed by atoms with Crippen LogP contribution in [-0.4, -0.2) is 104 Å². The van der Waals surface area contributed by atoms with Crippen LogP contribution in [0.4, 0.5) is 23.0 Å². The summed E-state index contributed by atoms with van der Waals surface area (Å²) in [6.45, 7) is 10.5. The molecule has 4 saturated carbocycles. The van der Waals surface area contributed by atoms with Crippen LogP contribution in [0.5, 0.6) is 5.75 Å². The Bertz CT molecular complexity index is 2170. The van der Waals surface area contributed by atoms with Crippen LogP contribution in [0.1, 0.15) is 57.4 Å². The van der Waals surface area contributed by atoms with Crippen molar-refractivity contribution < 1.29 is 23.8 Å². The lowest BCUT2D eigenvalue weighted by molar-refractivity contribution is -0.129. The number of hydrogen-bond acceptors (Lipinski definition) is 11. The Morgan fingerprint density at radius 1 is 0.881 bits per heavy atom. The average molecular weight is 807 g/mol. The first-order chi connectivity index (χ1) is 28.6. The van der Waals surface area contributed by atoms with Gasteiger partial charge in [0.25, 0.3) is 5.56 Å². The number of carbonyl (C=O) groups is 2. The Kier molecular flexibility index (Phi) is 12.5. The molecule has 0 radical (unpaired) electrons. The minimum absolute atomic E-state index is 0.197. The monoisotopic (exact) mass is 806 g/mol. The highest BCUT2D eigenvalue weighted by molar-refractivity contribution is 5.89. The van der Waals surface area contributed by atoms with Crippen molar-refractivity contribution in [1.29, 1.82) is 0 Å². The van der Waals surface area contributed by atoms with Crippen molar-refractivity contribution in [3.05, 3.63) is 70.6 Å². The maximum atomic E-state index is 13.3. The maximum Gasteiger partial charge on any atom is 0.257 e. The zero-order valence-corrected chi connectivity index (χ0v) is 34.6. The number of rotatable bonds is 17. The van der Waals surface area contributed by atoms with Crippen LogP contribution in [0.15, 0.2) is 59.5 Å². The van der Waals surface area contributed by atoms with Crippen LogP contribution in [-0.2, 0) is 19.1 Å². The fourth-order valence-corrected chi connectivity index (χ4v) is 10.5. The number of piperazine rings is 1. The van der Waals surface area contributed by atoms with Gasteiger partial charge in [0.15, 0.2) is 5.65 Å². The number of nitrogens with one attached hydrogen (secondary N) is 3. The molecule has 1 aliphatic heterocycles. The van der Waals surface area contributed by atoms with E-state index >= 15 is 0 Å². The standard InChI is InChI=1S/C45H58N8O6/c1-30-19-42(56)53(37-6-4-5-35(23-37)48-31(2)54)43-38(30)29-47-44(50-43)49-39-8-7-36(24-40(39)57-3)52-12-10-51(11-13-52)14-16-59-18-17-58-15-9-46-41(55)28-45-25-32-20-33(26-45)22-34(21-32)27-45/h4-8,19,23-24,29,32-34H,9-18,20-22,25-28H2,1-3H3,(H,46,55)(H,48,54)(H,47,49,50). The van der Waals surface area contributed by atoms with Gasteiger partial charge in [-0.25, -0.2) is 4.98 Å². The number of hydrogen-bond donors (Lipinski definition) is 3. The summed E-state index contributed by atoms with van der Waals surface area (Å²) in [5.41, 5.74) is 4.16. The summed E-state index contributed by atoms with van der Waals surface area (Å²) in [6.07, 6.45) is 10.4. The fourth-order valence-electron chi connectivity index (χ4n) is 10.5. The summed E-state index contributed by atoms with van der Waals surface area (Å²) in [4.78, 5) is 51.9. The molecule has 4 aliphatic carbocycles. The number of amides is 2. The zero-order valence-electron chi connectivity index (χ0n) is 34.6. The minimum atomic E-state index is -0.241. The Labute approximate surface area is 346 Å². The molecule has 14 nitrogen and oxygen atoms in total. The van der Waals surface area contributed by atoms with E-state index in [1.165, 1.54) is 50.0 Å². The Hall–Kier alpha value is -5.05. The molecule has 9 rings (SSSR count). The first-order valence-electron chi connectivity index (χ1n) is 21.3. The third-order valence-electron chi connectivity index (χ3n) is 12.8. The Balaban J connectivity index is 0.765. The zero-order chi connectivity index (χ0) is 40.9. The van der Waals surface area contributed by atoms with E-state index in [9.17, 15) is 14.4 Å². The van der Waals surface area contributed by atoms with E-state index in [2.05, 4.69) is 36.8 Å². The second kappa shape index (κ2) is 18.1. The SMILES string of the molecule is COc1cc(N2CCN(CCOCCOCCNC(=O)CC34CC5CC(CC(C5)C3)C4)CC2)ccc1Nc1ncc2c(C)cc(=O)n(-c3cccc(NC(C)=O)c3)c2n1. The van der Waals surface area contributed by atoms with Gasteiger partial charge in [-0.15, -0.1) is 0 Å². The van der Waals surface area contributed by atoms with Gasteiger partial charge in [-0.05, 0) is 105 Å². The normalized spacial score (nSPS) is 22.4. The number of ether oxygens (including phenoxy) is 3. The Morgan fingerprint density at radius 3 is 2.32 bits per heavy atom. The highest BCUT2D eigenvalue weighted by Crippen LogP contribution is 2.61. The molecule has 0 unspecified atom stereocenters. The van der Waals surface area contributed by atoms with Crippen molar-refractivity contribution in [3.8, 4) is 11.4 Å². The molecule has 2 amide bonds. The van der Waals surface area contributed by atoms with Gasteiger partial charge in [-0.2, -0.15) is 4.98 Å². The number of anilines is 4. The van der Waals surface area contributed by atoms with Crippen LogP contribution >= 0.6 is 0 Å². The summed E-state index contributed by atoms with van der Waals surface area (Å²) in [5, 5.41) is 9.92. The lowest BCUT2D eigenvalue weighted by atomic mass is 9.49. The van der Waals surface area contributed by atoms with Gasteiger partial charge < -0.3 is 35.1 Å². The molecule has 14 heteroatoms. The molecule has 5 aliphatic rings. The molecule has 2 aromatic heterocycles. The molecule has 0 atom stereocenters. The molecule has 3 N–H and O–H groups in total. The van der Waals surface area contributed by atoms with E-state index in [0.717, 1.165) is 67.1 Å². The van der Waals surface area contributed by atoms with Crippen LogP contribution in [0.2, 0.25) is 0 Å². The molecule has 2 aromatic carbocycles. The number of carbonyl (C=O) groups excluding carboxylic acids is 2. The second-order valence-electron chi connectivity index (χ2n) is 17.2. The van der Waals surface area contributed by atoms with E-state index in [4.69, 9.17) is 19.2 Å². The molecule has 0 spiro atoms. The first-order valence-corrected chi connectivity index (χ1v) is 21.3. The number of benzene rings is 2. The second-order valence-corrected chi connectivity index (χ2v) is 17.2. The van der Waals surface area contributed by atoms with Crippen molar-refractivity contribution >= 4 is 45.9 Å². The fraction of sp³-hybridized carbons (Fsp3) is 0.533. The van der Waals surface area contributed by atoms with Crippen molar-refractivity contribution in [3.63, 3.8) is 0 Å². The molecule has 3 heterocycles. The van der Waals surface area contributed by atoms with Gasteiger partial charge in [-0.1, -0.05) is 6.07 Å². The minimum Gasteiger partial charge on any atom is -0.494 e. The third-order valence-corrected chi connectivity index (χ3v) is 12.8. The molecule has 4 bridgehead atoms. The summed E-state index contributed by atoms with van der Waals surface area (Å²) < 4.78 is 19.0. The number of nitrogens with zero attached hydrogens (tertiary/aromatic N) is 5. The number of fused-ring (bicyclic) bond motifs is 1. The van der Waals surface area contributed by atoms with Crippen molar-refractivity contribution in [2.75, 3.05) is 88.3 Å². The lowest BCUT2D eigenvalue weighted by Crippen LogP contribution is -2.48. The van der Waals surface area contributed by atoms with Crippen molar-refractivity contribution in [2.45, 2.75) is 58.8 Å². The van der Waals surface area contributed by atoms with Crippen LogP contribution in [0, 0.1) is 30.1 Å². The molecule has 4 aromatic rings. The molecule has 314 valence electrons. The van der Waals surface area contributed by atoms with Crippen molar-refractivity contribution in [2.24, 2.45) is 23.2 Å². The molecule has 1 saturated heterocycles. The average Bonchev–Trinajstić information content (AvgIpc) is 3.20. The molecular weight excluding hydrogens is 749 g/mol. The van der Waals surface area contributed by atoms with E-state index in [1.54, 1.807) is 43.6 Å². The molecule has 5 fully saturated rings. The largest absolute Gasteiger partial charge is 0.494 e.